The Morgan fingerprint density at radius 2 is 1.73 bits per heavy atom. The van der Waals surface area contributed by atoms with E-state index in [1.54, 1.807) is 23.9 Å². The predicted molar refractivity (Wildman–Crippen MR) is 141 cm³/mol. The average molecular weight is 506 g/mol. The van der Waals surface area contributed by atoms with Gasteiger partial charge in [0, 0.05) is 51.4 Å². The molecule has 2 heterocycles. The third kappa shape index (κ3) is 6.40. The predicted octanol–water partition coefficient (Wildman–Crippen LogP) is 2.27. The molecule has 2 N–H and O–H groups in total. The maximum atomic E-state index is 13.3. The Bertz CT molecular complexity index is 1220. The molecule has 0 saturated carbocycles. The summed E-state index contributed by atoms with van der Waals surface area (Å²) in [7, 11) is 1.77. The van der Waals surface area contributed by atoms with Crippen LogP contribution in [0.1, 0.15) is 29.5 Å². The van der Waals surface area contributed by atoms with Crippen LogP contribution in [0, 0.1) is 13.8 Å². The quantitative estimate of drug-likeness (QED) is 0.382. The van der Waals surface area contributed by atoms with Crippen molar-refractivity contribution in [3.63, 3.8) is 0 Å². The van der Waals surface area contributed by atoms with Crippen molar-refractivity contribution in [1.29, 1.82) is 0 Å². The summed E-state index contributed by atoms with van der Waals surface area (Å²) in [5, 5.41) is 14.0. The number of hydrazine groups is 1. The number of aryl methyl sites for hydroxylation is 2. The lowest BCUT2D eigenvalue weighted by atomic mass is 10.1. The van der Waals surface area contributed by atoms with E-state index in [0.717, 1.165) is 23.4 Å². The highest BCUT2D eigenvalue weighted by Gasteiger charge is 2.25. The number of hydrogen-bond donors (Lipinski definition) is 2. The number of aromatic nitrogens is 2. The smallest absolute Gasteiger partial charge is 0.250 e. The molecule has 4 rings (SSSR count). The van der Waals surface area contributed by atoms with Gasteiger partial charge in [0.25, 0.3) is 5.91 Å². The summed E-state index contributed by atoms with van der Waals surface area (Å²) in [5.41, 5.74) is 5.03. The molecule has 0 bridgehead atoms. The molecule has 0 spiro atoms. The van der Waals surface area contributed by atoms with Crippen LogP contribution in [0.2, 0.25) is 0 Å². The molecule has 0 atom stereocenters. The number of carbonyl (C=O) groups is 2. The molecule has 10 nitrogen and oxygen atoms in total. The molecule has 0 saturated heterocycles. The summed E-state index contributed by atoms with van der Waals surface area (Å²) in [6, 6.07) is 14.0. The maximum Gasteiger partial charge on any atom is 0.250 e. The minimum absolute atomic E-state index is 0.0527. The van der Waals surface area contributed by atoms with Crippen LogP contribution in [-0.4, -0.2) is 71.7 Å². The molecule has 2 amide bonds. The van der Waals surface area contributed by atoms with Gasteiger partial charge >= 0.3 is 0 Å². The molecule has 0 fully saturated rings. The lowest BCUT2D eigenvalue weighted by Gasteiger charge is -2.28. The Morgan fingerprint density at radius 3 is 2.35 bits per heavy atom. The Hall–Kier alpha value is -3.60. The largest absolute Gasteiger partial charge is 0.339 e. The summed E-state index contributed by atoms with van der Waals surface area (Å²) < 4.78 is 5.09. The van der Waals surface area contributed by atoms with E-state index < -0.39 is 0 Å². The molecule has 0 aliphatic carbocycles. The molecule has 1 aromatic heterocycles. The molecule has 196 valence electrons. The van der Waals surface area contributed by atoms with Crippen molar-refractivity contribution in [3.8, 4) is 11.4 Å². The van der Waals surface area contributed by atoms with E-state index in [9.17, 15) is 9.59 Å². The number of hydrogen-bond acceptors (Lipinski definition) is 8. The van der Waals surface area contributed by atoms with E-state index in [2.05, 4.69) is 32.9 Å². The molecule has 0 unspecified atom stereocenters. The number of nitrogens with one attached hydrogen (secondary N) is 2. The van der Waals surface area contributed by atoms with E-state index in [-0.39, 0.29) is 24.9 Å². The fourth-order valence-electron chi connectivity index (χ4n) is 4.43. The first-order valence-corrected chi connectivity index (χ1v) is 12.6. The first-order chi connectivity index (χ1) is 17.9. The Labute approximate surface area is 217 Å². The molecular weight excluding hydrogens is 470 g/mol. The van der Waals surface area contributed by atoms with Gasteiger partial charge in [-0.15, -0.1) is 0 Å². The first kappa shape index (κ1) is 26.5. The summed E-state index contributed by atoms with van der Waals surface area (Å²) >= 11 is 0. The van der Waals surface area contributed by atoms with Crippen LogP contribution in [0.4, 0.5) is 5.69 Å². The second kappa shape index (κ2) is 12.1. The van der Waals surface area contributed by atoms with E-state index in [1.807, 2.05) is 49.2 Å². The summed E-state index contributed by atoms with van der Waals surface area (Å²) in [6.07, 6.45) is 0. The summed E-state index contributed by atoms with van der Waals surface area (Å²) in [5.74, 6) is 0.826. The fraction of sp³-hybridized carbons (Fsp3) is 0.407. The van der Waals surface area contributed by atoms with E-state index in [4.69, 9.17) is 4.52 Å². The van der Waals surface area contributed by atoms with Gasteiger partial charge in [-0.2, -0.15) is 4.98 Å². The van der Waals surface area contributed by atoms with Crippen LogP contribution >= 0.6 is 0 Å². The van der Waals surface area contributed by atoms with Crippen molar-refractivity contribution in [2.75, 3.05) is 44.7 Å². The average Bonchev–Trinajstić information content (AvgIpc) is 3.52. The summed E-state index contributed by atoms with van der Waals surface area (Å²) in [4.78, 5) is 32.1. The zero-order valence-corrected chi connectivity index (χ0v) is 22.0. The fourth-order valence-corrected chi connectivity index (χ4v) is 4.43. The molecule has 2 aromatic carbocycles. The standard InChI is InChI=1S/C27H35N7O3/c1-5-28-12-13-34(24-11-10-21(14-19(24)2)27-30-20(3)37-31-27)26(36)16-29-15-25(35)32(4)33-17-22-8-6-7-9-23(22)18-33/h6-11,14,28-29H,5,12-13,15-18H2,1-4H3. The number of rotatable bonds is 11. The topological polar surface area (TPSA) is 107 Å². The Morgan fingerprint density at radius 1 is 1.03 bits per heavy atom. The minimum Gasteiger partial charge on any atom is -0.339 e. The van der Waals surface area contributed by atoms with Crippen LogP contribution < -0.4 is 15.5 Å². The molecule has 1 aliphatic rings. The van der Waals surface area contributed by atoms with Gasteiger partial charge < -0.3 is 14.7 Å². The Balaban J connectivity index is 1.36. The van der Waals surface area contributed by atoms with Gasteiger partial charge in [0.2, 0.25) is 17.6 Å². The van der Waals surface area contributed by atoms with Crippen molar-refractivity contribution in [2.24, 2.45) is 0 Å². The number of likely N-dealkylation sites (N-methyl/N-ethyl adjacent to an activating group) is 2. The maximum absolute atomic E-state index is 13.3. The summed E-state index contributed by atoms with van der Waals surface area (Å²) in [6.45, 7) is 9.25. The molecule has 1 aliphatic heterocycles. The monoisotopic (exact) mass is 505 g/mol. The van der Waals surface area contributed by atoms with Crippen LogP contribution in [0.3, 0.4) is 0 Å². The van der Waals surface area contributed by atoms with E-state index >= 15 is 0 Å². The lowest BCUT2D eigenvalue weighted by Crippen LogP contribution is -2.47. The SMILES string of the molecule is CCNCCN(C(=O)CNCC(=O)N(C)N1Cc2ccccc2C1)c1ccc(-c2noc(C)n2)cc1C. The zero-order valence-electron chi connectivity index (χ0n) is 22.0. The zero-order chi connectivity index (χ0) is 26.4. The van der Waals surface area contributed by atoms with Crippen molar-refractivity contribution in [2.45, 2.75) is 33.9 Å². The second-order valence-electron chi connectivity index (χ2n) is 9.15. The number of carbonyl (C=O) groups excluding carboxylic acids is 2. The van der Waals surface area contributed by atoms with Crippen LogP contribution in [-0.2, 0) is 22.7 Å². The van der Waals surface area contributed by atoms with Crippen LogP contribution in [0.25, 0.3) is 11.4 Å². The van der Waals surface area contributed by atoms with Crippen LogP contribution in [0.15, 0.2) is 47.0 Å². The molecule has 37 heavy (non-hydrogen) atoms. The molecular formula is C27H35N7O3. The van der Waals surface area contributed by atoms with Gasteiger partial charge in [0.1, 0.15) is 0 Å². The first-order valence-electron chi connectivity index (χ1n) is 12.6. The van der Waals surface area contributed by atoms with Gasteiger partial charge in [-0.1, -0.05) is 36.3 Å². The highest BCUT2D eigenvalue weighted by molar-refractivity contribution is 5.96. The van der Waals surface area contributed by atoms with Crippen molar-refractivity contribution in [1.82, 2.24) is 30.8 Å². The van der Waals surface area contributed by atoms with Crippen molar-refractivity contribution >= 4 is 17.5 Å². The van der Waals surface area contributed by atoms with Gasteiger partial charge in [-0.05, 0) is 48.4 Å². The number of nitrogens with zero attached hydrogens (tertiary/aromatic N) is 5. The molecule has 3 aromatic rings. The van der Waals surface area contributed by atoms with Gasteiger partial charge in [-0.3, -0.25) is 19.9 Å². The number of benzene rings is 2. The minimum atomic E-state index is -0.104. The normalized spacial score (nSPS) is 13.0. The Kier molecular flexibility index (Phi) is 8.65. The highest BCUT2D eigenvalue weighted by Crippen LogP contribution is 2.26. The lowest BCUT2D eigenvalue weighted by molar-refractivity contribution is -0.145. The van der Waals surface area contributed by atoms with E-state index in [0.29, 0.717) is 37.9 Å². The second-order valence-corrected chi connectivity index (χ2v) is 9.15. The molecule has 0 radical (unpaired) electrons. The number of anilines is 1. The number of fused-ring (bicyclic) bond motifs is 1. The third-order valence-corrected chi connectivity index (χ3v) is 6.50. The van der Waals surface area contributed by atoms with E-state index in [1.165, 1.54) is 11.1 Å². The van der Waals surface area contributed by atoms with Gasteiger partial charge in [-0.25, -0.2) is 5.01 Å². The highest BCUT2D eigenvalue weighted by atomic mass is 16.5. The van der Waals surface area contributed by atoms with Crippen molar-refractivity contribution in [3.05, 3.63) is 65.0 Å². The number of amides is 2. The third-order valence-electron chi connectivity index (χ3n) is 6.50. The van der Waals surface area contributed by atoms with Crippen LogP contribution in [0.5, 0.6) is 0 Å². The van der Waals surface area contributed by atoms with Gasteiger partial charge in [0.05, 0.1) is 13.1 Å². The van der Waals surface area contributed by atoms with Crippen molar-refractivity contribution < 1.29 is 14.1 Å². The molecule has 10 heteroatoms. The van der Waals surface area contributed by atoms with Gasteiger partial charge in [0.15, 0.2) is 0 Å².